The van der Waals surface area contributed by atoms with Gasteiger partial charge in [0.25, 0.3) is 11.5 Å². The molecule has 23 heavy (non-hydrogen) atoms. The van der Waals surface area contributed by atoms with Gasteiger partial charge in [0.15, 0.2) is 5.82 Å². The van der Waals surface area contributed by atoms with Crippen molar-refractivity contribution in [1.82, 2.24) is 19.7 Å². The van der Waals surface area contributed by atoms with Crippen molar-refractivity contribution >= 4 is 11.6 Å². The van der Waals surface area contributed by atoms with Crippen molar-refractivity contribution in [2.75, 3.05) is 5.32 Å². The first-order chi connectivity index (χ1) is 11.1. The Hall–Kier alpha value is -3.35. The van der Waals surface area contributed by atoms with E-state index in [0.717, 1.165) is 10.2 Å². The summed E-state index contributed by atoms with van der Waals surface area (Å²) >= 11 is 0. The molecule has 7 heteroatoms. The number of nitrogens with zero attached hydrogens (tertiary/aromatic N) is 4. The van der Waals surface area contributed by atoms with Crippen LogP contribution in [0.25, 0.3) is 11.4 Å². The standard InChI is InChI=1S/C16H13N5O2/c1-21-14(22)8-7-13(20-21)16(23)19-12-9-17-15(18-10-12)11-5-3-2-4-6-11/h2-10H,1H3,(H,19,23). The number of carbonyl (C=O) groups is 1. The number of rotatable bonds is 3. The topological polar surface area (TPSA) is 89.8 Å². The summed E-state index contributed by atoms with van der Waals surface area (Å²) in [5.74, 6) is 0.139. The maximum atomic E-state index is 12.1. The molecule has 0 atom stereocenters. The van der Waals surface area contributed by atoms with Gasteiger partial charge in [0.2, 0.25) is 0 Å². The Morgan fingerprint density at radius 1 is 1.04 bits per heavy atom. The quantitative estimate of drug-likeness (QED) is 0.791. The van der Waals surface area contributed by atoms with Crippen LogP contribution in [0, 0.1) is 0 Å². The zero-order valence-corrected chi connectivity index (χ0v) is 12.3. The highest BCUT2D eigenvalue weighted by Crippen LogP contribution is 2.15. The van der Waals surface area contributed by atoms with Crippen molar-refractivity contribution in [1.29, 1.82) is 0 Å². The molecule has 0 saturated heterocycles. The monoisotopic (exact) mass is 307 g/mol. The summed E-state index contributed by atoms with van der Waals surface area (Å²) in [6.07, 6.45) is 3.05. The van der Waals surface area contributed by atoms with Crippen molar-refractivity contribution in [2.24, 2.45) is 7.05 Å². The molecule has 114 valence electrons. The molecule has 2 aromatic heterocycles. The number of anilines is 1. The molecule has 0 bridgehead atoms. The van der Waals surface area contributed by atoms with Crippen molar-refractivity contribution < 1.29 is 4.79 Å². The third-order valence-corrected chi connectivity index (χ3v) is 3.13. The number of aromatic nitrogens is 4. The second kappa shape index (κ2) is 6.18. The van der Waals surface area contributed by atoms with Crippen LogP contribution < -0.4 is 10.9 Å². The molecule has 3 aromatic rings. The molecule has 1 N–H and O–H groups in total. The predicted octanol–water partition coefficient (Wildman–Crippen LogP) is 1.49. The lowest BCUT2D eigenvalue weighted by Crippen LogP contribution is -2.23. The molecule has 0 saturated carbocycles. The van der Waals surface area contributed by atoms with E-state index in [1.54, 1.807) is 0 Å². The van der Waals surface area contributed by atoms with Crippen LogP contribution in [0.3, 0.4) is 0 Å². The summed E-state index contributed by atoms with van der Waals surface area (Å²) in [6, 6.07) is 12.2. The third-order valence-electron chi connectivity index (χ3n) is 3.13. The van der Waals surface area contributed by atoms with Crippen molar-refractivity contribution in [3.8, 4) is 11.4 Å². The summed E-state index contributed by atoms with van der Waals surface area (Å²) in [4.78, 5) is 31.8. The molecule has 1 aromatic carbocycles. The highest BCUT2D eigenvalue weighted by molar-refractivity contribution is 6.02. The molecule has 7 nitrogen and oxygen atoms in total. The zero-order chi connectivity index (χ0) is 16.2. The first-order valence-corrected chi connectivity index (χ1v) is 6.87. The molecule has 0 radical (unpaired) electrons. The van der Waals surface area contributed by atoms with Crippen LogP contribution in [-0.4, -0.2) is 25.7 Å². The van der Waals surface area contributed by atoms with Crippen LogP contribution in [0.1, 0.15) is 10.5 Å². The van der Waals surface area contributed by atoms with E-state index in [1.165, 1.54) is 31.6 Å². The predicted molar refractivity (Wildman–Crippen MR) is 84.9 cm³/mol. The van der Waals surface area contributed by atoms with Gasteiger partial charge in [-0.1, -0.05) is 30.3 Å². The Balaban J connectivity index is 1.76. The van der Waals surface area contributed by atoms with E-state index in [0.29, 0.717) is 11.5 Å². The third kappa shape index (κ3) is 3.29. The fourth-order valence-corrected chi connectivity index (χ4v) is 1.95. The van der Waals surface area contributed by atoms with Gasteiger partial charge >= 0.3 is 0 Å². The second-order valence-electron chi connectivity index (χ2n) is 4.80. The lowest BCUT2D eigenvalue weighted by Gasteiger charge is -2.05. The van der Waals surface area contributed by atoms with Crippen LogP contribution in [0.4, 0.5) is 5.69 Å². The maximum Gasteiger partial charge on any atom is 0.276 e. The van der Waals surface area contributed by atoms with E-state index in [4.69, 9.17) is 0 Å². The van der Waals surface area contributed by atoms with E-state index >= 15 is 0 Å². The molecule has 0 spiro atoms. The molecule has 2 heterocycles. The number of carbonyl (C=O) groups excluding carboxylic acids is 1. The molecular weight excluding hydrogens is 294 g/mol. The average Bonchev–Trinajstić information content (AvgIpc) is 2.59. The van der Waals surface area contributed by atoms with Crippen molar-refractivity contribution in [2.45, 2.75) is 0 Å². The van der Waals surface area contributed by atoms with Gasteiger partial charge in [-0.25, -0.2) is 14.6 Å². The van der Waals surface area contributed by atoms with Gasteiger partial charge in [0.05, 0.1) is 18.1 Å². The van der Waals surface area contributed by atoms with Crippen LogP contribution in [0.15, 0.2) is 59.7 Å². The van der Waals surface area contributed by atoms with E-state index in [9.17, 15) is 9.59 Å². The van der Waals surface area contributed by atoms with Gasteiger partial charge in [-0.15, -0.1) is 0 Å². The Morgan fingerprint density at radius 3 is 2.39 bits per heavy atom. The van der Waals surface area contributed by atoms with Gasteiger partial charge in [-0.05, 0) is 6.07 Å². The Bertz CT molecular complexity index is 888. The molecule has 3 rings (SSSR count). The number of aryl methyl sites for hydroxylation is 1. The van der Waals surface area contributed by atoms with Crippen LogP contribution >= 0.6 is 0 Å². The Morgan fingerprint density at radius 2 is 1.74 bits per heavy atom. The van der Waals surface area contributed by atoms with Gasteiger partial charge in [-0.2, -0.15) is 5.10 Å². The lowest BCUT2D eigenvalue weighted by atomic mass is 10.2. The molecule has 0 fully saturated rings. The fourth-order valence-electron chi connectivity index (χ4n) is 1.95. The second-order valence-corrected chi connectivity index (χ2v) is 4.80. The Labute approximate surface area is 131 Å². The largest absolute Gasteiger partial charge is 0.318 e. The van der Waals surface area contributed by atoms with Crippen molar-refractivity contribution in [3.63, 3.8) is 0 Å². The van der Waals surface area contributed by atoms with E-state index in [2.05, 4.69) is 20.4 Å². The molecule has 0 unspecified atom stereocenters. The van der Waals surface area contributed by atoms with Crippen molar-refractivity contribution in [3.05, 3.63) is 70.9 Å². The fraction of sp³-hybridized carbons (Fsp3) is 0.0625. The molecule has 1 amide bonds. The highest BCUT2D eigenvalue weighted by atomic mass is 16.2. The SMILES string of the molecule is Cn1nc(C(=O)Nc2cnc(-c3ccccc3)nc2)ccc1=O. The average molecular weight is 307 g/mol. The minimum Gasteiger partial charge on any atom is -0.318 e. The molecule has 0 aliphatic rings. The summed E-state index contributed by atoms with van der Waals surface area (Å²) in [5.41, 5.74) is 1.20. The van der Waals surface area contributed by atoms with Crippen LogP contribution in [0.2, 0.25) is 0 Å². The van der Waals surface area contributed by atoms with Gasteiger partial charge < -0.3 is 5.32 Å². The van der Waals surface area contributed by atoms with E-state index in [-0.39, 0.29) is 11.3 Å². The number of hydrogen-bond donors (Lipinski definition) is 1. The smallest absolute Gasteiger partial charge is 0.276 e. The highest BCUT2D eigenvalue weighted by Gasteiger charge is 2.10. The normalized spacial score (nSPS) is 10.3. The number of hydrogen-bond acceptors (Lipinski definition) is 5. The lowest BCUT2D eigenvalue weighted by molar-refractivity contribution is 0.102. The van der Waals surface area contributed by atoms with Gasteiger partial charge in [0.1, 0.15) is 5.69 Å². The summed E-state index contributed by atoms with van der Waals surface area (Å²) < 4.78 is 1.10. The number of nitrogens with one attached hydrogen (secondary N) is 1. The minimum absolute atomic E-state index is 0.138. The summed E-state index contributed by atoms with van der Waals surface area (Å²) in [5, 5.41) is 6.53. The Kier molecular flexibility index (Phi) is 3.92. The summed E-state index contributed by atoms with van der Waals surface area (Å²) in [7, 11) is 1.48. The number of amides is 1. The van der Waals surface area contributed by atoms with E-state index < -0.39 is 5.91 Å². The molecule has 0 aliphatic heterocycles. The van der Waals surface area contributed by atoms with Gasteiger partial charge in [0, 0.05) is 18.7 Å². The number of benzene rings is 1. The van der Waals surface area contributed by atoms with E-state index in [1.807, 2.05) is 30.3 Å². The van der Waals surface area contributed by atoms with Gasteiger partial charge in [-0.3, -0.25) is 9.59 Å². The van der Waals surface area contributed by atoms with Crippen LogP contribution in [-0.2, 0) is 7.05 Å². The minimum atomic E-state index is -0.434. The first-order valence-electron chi connectivity index (χ1n) is 6.87. The maximum absolute atomic E-state index is 12.1. The summed E-state index contributed by atoms with van der Waals surface area (Å²) in [6.45, 7) is 0. The van der Waals surface area contributed by atoms with Crippen LogP contribution in [0.5, 0.6) is 0 Å². The zero-order valence-electron chi connectivity index (χ0n) is 12.3. The first kappa shape index (κ1) is 14.6. The molecular formula is C16H13N5O2. The molecule has 0 aliphatic carbocycles.